The van der Waals surface area contributed by atoms with Gasteiger partial charge >= 0.3 is 6.03 Å². The lowest BCUT2D eigenvalue weighted by atomic mass is 10.1. The number of aromatic nitrogens is 2. The number of anilines is 1. The van der Waals surface area contributed by atoms with Gasteiger partial charge in [0.15, 0.2) is 0 Å². The van der Waals surface area contributed by atoms with Crippen LogP contribution in [0, 0.1) is 11.3 Å². The maximum Gasteiger partial charge on any atom is 0.320 e. The summed E-state index contributed by atoms with van der Waals surface area (Å²) in [4.78, 5) is 23.5. The predicted molar refractivity (Wildman–Crippen MR) is 125 cm³/mol. The van der Waals surface area contributed by atoms with Crippen LogP contribution in [-0.2, 0) is 0 Å². The van der Waals surface area contributed by atoms with Gasteiger partial charge in [-0.1, -0.05) is 19.8 Å². The van der Waals surface area contributed by atoms with E-state index in [1.165, 1.54) is 19.1 Å². The average Bonchev–Trinajstić information content (AvgIpc) is 3.23. The molecule has 1 atom stereocenters. The van der Waals surface area contributed by atoms with E-state index in [1.54, 1.807) is 12.3 Å². The molecule has 2 aromatic rings. The molecule has 1 aliphatic rings. The summed E-state index contributed by atoms with van der Waals surface area (Å²) in [6.45, 7) is 4.18. The van der Waals surface area contributed by atoms with Gasteiger partial charge in [0.2, 0.25) is 0 Å². The summed E-state index contributed by atoms with van der Waals surface area (Å²) >= 11 is 0. The number of fused-ring (bicyclic) bond motifs is 1. The molecular weight excluding hydrogens is 390 g/mol. The minimum absolute atomic E-state index is 0.218. The summed E-state index contributed by atoms with van der Waals surface area (Å²) in [6.07, 6.45) is 9.49. The molecule has 1 fully saturated rings. The van der Waals surface area contributed by atoms with Crippen molar-refractivity contribution in [2.24, 2.45) is 5.92 Å². The van der Waals surface area contributed by atoms with Crippen molar-refractivity contribution >= 4 is 34.7 Å². The molecule has 0 radical (unpaired) electrons. The number of amides is 2. The van der Waals surface area contributed by atoms with Gasteiger partial charge in [0.1, 0.15) is 12.0 Å². The SMILES string of the molecule is C[C@@H](C[NH2+]/C=C(\C=N)c1cnc2ccc(NC(=O)NC3CCCC3)nc2c1)CN(C)C. The Bertz CT molecular complexity index is 935. The maximum absolute atomic E-state index is 12.2. The number of allylic oxidation sites excluding steroid dienone is 1. The summed E-state index contributed by atoms with van der Waals surface area (Å²) in [6, 6.07) is 5.56. The third-order valence-corrected chi connectivity index (χ3v) is 5.47. The van der Waals surface area contributed by atoms with Gasteiger partial charge in [-0.3, -0.25) is 10.3 Å². The summed E-state index contributed by atoms with van der Waals surface area (Å²) < 4.78 is 0. The molecule has 5 N–H and O–H groups in total. The molecule has 0 unspecified atom stereocenters. The molecule has 8 heteroatoms. The molecule has 0 saturated heterocycles. The zero-order valence-corrected chi connectivity index (χ0v) is 18.7. The third kappa shape index (κ3) is 6.83. The molecule has 2 aromatic heterocycles. The van der Waals surface area contributed by atoms with Crippen LogP contribution in [0.4, 0.5) is 10.6 Å². The number of carbonyl (C=O) groups is 1. The van der Waals surface area contributed by atoms with Crippen molar-refractivity contribution in [3.05, 3.63) is 36.2 Å². The number of hydrogen-bond acceptors (Lipinski definition) is 5. The highest BCUT2D eigenvalue weighted by Crippen LogP contribution is 2.19. The van der Waals surface area contributed by atoms with Crippen LogP contribution in [0.25, 0.3) is 16.6 Å². The standard InChI is InChI=1S/C23H33N7O/c1-16(15-30(2)3)12-25-13-18(11-24)17-10-21-20(26-14-17)8-9-22(28-21)29-23(31)27-19-6-4-5-7-19/h8-11,13-14,16,19,24-25H,4-7,12,15H2,1-3H3,(H2,27,28,29,31)/p+1/b18-13+,24-11?/t16-/m0/s1. The smallest absolute Gasteiger partial charge is 0.320 e. The molecule has 2 amide bonds. The first-order valence-electron chi connectivity index (χ1n) is 11.0. The van der Waals surface area contributed by atoms with Crippen LogP contribution < -0.4 is 16.0 Å². The summed E-state index contributed by atoms with van der Waals surface area (Å²) in [7, 11) is 4.15. The molecular formula is C23H34N7O+. The molecule has 0 aliphatic heterocycles. The van der Waals surface area contributed by atoms with Crippen molar-refractivity contribution in [1.29, 1.82) is 5.41 Å². The first kappa shape index (κ1) is 22.8. The lowest BCUT2D eigenvalue weighted by Gasteiger charge is -2.14. The van der Waals surface area contributed by atoms with E-state index in [0.717, 1.165) is 42.6 Å². The Morgan fingerprint density at radius 3 is 2.81 bits per heavy atom. The van der Waals surface area contributed by atoms with Crippen LogP contribution in [-0.4, -0.2) is 60.3 Å². The average molecular weight is 425 g/mol. The van der Waals surface area contributed by atoms with Crippen molar-refractivity contribution in [3.63, 3.8) is 0 Å². The van der Waals surface area contributed by atoms with E-state index in [9.17, 15) is 4.79 Å². The van der Waals surface area contributed by atoms with E-state index < -0.39 is 0 Å². The second-order valence-electron chi connectivity index (χ2n) is 8.64. The van der Waals surface area contributed by atoms with Crippen LogP contribution in [0.15, 0.2) is 30.6 Å². The van der Waals surface area contributed by atoms with Crippen LogP contribution in [0.1, 0.15) is 38.2 Å². The number of pyridine rings is 2. The Labute approximate surface area is 184 Å². The number of urea groups is 1. The van der Waals surface area contributed by atoms with Gasteiger partial charge in [-0.15, -0.1) is 0 Å². The Morgan fingerprint density at radius 2 is 2.10 bits per heavy atom. The van der Waals surface area contributed by atoms with Gasteiger partial charge in [0.25, 0.3) is 0 Å². The second-order valence-corrected chi connectivity index (χ2v) is 8.64. The zero-order valence-electron chi connectivity index (χ0n) is 18.7. The van der Waals surface area contributed by atoms with Crippen molar-refractivity contribution in [1.82, 2.24) is 20.2 Å². The molecule has 1 saturated carbocycles. The summed E-state index contributed by atoms with van der Waals surface area (Å²) in [5.41, 5.74) is 3.05. The molecule has 0 bridgehead atoms. The molecule has 0 aromatic carbocycles. The van der Waals surface area contributed by atoms with Crippen LogP contribution in [0.3, 0.4) is 0 Å². The number of nitrogens with two attached hydrogens (primary N) is 1. The monoisotopic (exact) mass is 424 g/mol. The number of nitrogens with one attached hydrogen (secondary N) is 3. The topological polar surface area (TPSA) is 111 Å². The van der Waals surface area contributed by atoms with E-state index in [0.29, 0.717) is 17.3 Å². The van der Waals surface area contributed by atoms with Gasteiger partial charge < -0.3 is 20.9 Å². The fraction of sp³-hybridized carbons (Fsp3) is 0.478. The minimum atomic E-state index is -0.218. The van der Waals surface area contributed by atoms with Crippen molar-refractivity contribution < 1.29 is 10.1 Å². The first-order valence-corrected chi connectivity index (χ1v) is 11.0. The van der Waals surface area contributed by atoms with Crippen molar-refractivity contribution in [2.45, 2.75) is 38.6 Å². The fourth-order valence-corrected chi connectivity index (χ4v) is 3.99. The number of nitrogens with zero attached hydrogens (tertiary/aromatic N) is 3. The fourth-order valence-electron chi connectivity index (χ4n) is 3.99. The van der Waals surface area contributed by atoms with E-state index in [1.807, 2.05) is 18.3 Å². The number of quaternary nitrogens is 1. The largest absolute Gasteiger partial charge is 0.335 e. The summed E-state index contributed by atoms with van der Waals surface area (Å²) in [5, 5.41) is 15.8. The normalized spacial score (nSPS) is 15.9. The highest BCUT2D eigenvalue weighted by molar-refractivity contribution is 6.08. The van der Waals surface area contributed by atoms with Crippen LogP contribution >= 0.6 is 0 Å². The highest BCUT2D eigenvalue weighted by atomic mass is 16.2. The molecule has 0 spiro atoms. The van der Waals surface area contributed by atoms with Crippen molar-refractivity contribution in [2.75, 3.05) is 32.5 Å². The zero-order chi connectivity index (χ0) is 22.2. The Balaban J connectivity index is 1.68. The third-order valence-electron chi connectivity index (χ3n) is 5.47. The number of carbonyl (C=O) groups excluding carboxylic acids is 1. The minimum Gasteiger partial charge on any atom is -0.335 e. The Morgan fingerprint density at radius 1 is 1.32 bits per heavy atom. The quantitative estimate of drug-likeness (QED) is 0.463. The molecule has 1 aliphatic carbocycles. The molecule has 2 heterocycles. The van der Waals surface area contributed by atoms with Gasteiger partial charge in [-0.25, -0.2) is 9.78 Å². The molecule has 31 heavy (non-hydrogen) atoms. The van der Waals surface area contributed by atoms with Gasteiger partial charge in [-0.05, 0) is 45.1 Å². The van der Waals surface area contributed by atoms with Gasteiger partial charge in [0.05, 0.1) is 23.2 Å². The molecule has 8 nitrogen and oxygen atoms in total. The maximum atomic E-state index is 12.2. The lowest BCUT2D eigenvalue weighted by molar-refractivity contribution is -0.593. The van der Waals surface area contributed by atoms with E-state index in [-0.39, 0.29) is 12.1 Å². The Kier molecular flexibility index (Phi) is 8.08. The first-order chi connectivity index (χ1) is 14.9. The Hall–Kier alpha value is -2.84. The lowest BCUT2D eigenvalue weighted by Crippen LogP contribution is -2.80. The molecule has 3 rings (SSSR count). The van der Waals surface area contributed by atoms with Crippen LogP contribution in [0.2, 0.25) is 0 Å². The van der Waals surface area contributed by atoms with E-state index >= 15 is 0 Å². The van der Waals surface area contributed by atoms with Crippen molar-refractivity contribution in [3.8, 4) is 0 Å². The van der Waals surface area contributed by atoms with Gasteiger partial charge in [0, 0.05) is 36.5 Å². The van der Waals surface area contributed by atoms with E-state index in [4.69, 9.17) is 5.41 Å². The molecule has 166 valence electrons. The predicted octanol–water partition coefficient (Wildman–Crippen LogP) is 2.45. The highest BCUT2D eigenvalue weighted by Gasteiger charge is 2.17. The van der Waals surface area contributed by atoms with Crippen LogP contribution in [0.5, 0.6) is 0 Å². The number of hydrogen-bond donors (Lipinski definition) is 4. The second kappa shape index (κ2) is 11.0. The van der Waals surface area contributed by atoms with Gasteiger partial charge in [-0.2, -0.15) is 0 Å². The summed E-state index contributed by atoms with van der Waals surface area (Å²) in [5.74, 6) is 1.03. The van der Waals surface area contributed by atoms with E-state index in [2.05, 4.69) is 51.8 Å². The number of rotatable bonds is 9.